The van der Waals surface area contributed by atoms with Crippen LogP contribution in [0.25, 0.3) is 0 Å². The molecule has 1 aromatic heterocycles. The topological polar surface area (TPSA) is 29.0 Å². The predicted octanol–water partition coefficient (Wildman–Crippen LogP) is 2.46. The summed E-state index contributed by atoms with van der Waals surface area (Å²) in [5, 5.41) is 0. The molecule has 0 bridgehead atoms. The summed E-state index contributed by atoms with van der Waals surface area (Å²) in [5.74, 6) is 1.82. The fourth-order valence-electron chi connectivity index (χ4n) is 2.20. The van der Waals surface area contributed by atoms with Gasteiger partial charge in [0.15, 0.2) is 0 Å². The lowest BCUT2D eigenvalue weighted by Gasteiger charge is -2.25. The van der Waals surface area contributed by atoms with Gasteiger partial charge in [-0.15, -0.1) is 11.6 Å². The van der Waals surface area contributed by atoms with E-state index < -0.39 is 0 Å². The summed E-state index contributed by atoms with van der Waals surface area (Å²) < 4.78 is 0. The van der Waals surface area contributed by atoms with Gasteiger partial charge in [0.05, 0.1) is 0 Å². The van der Waals surface area contributed by atoms with Crippen LogP contribution in [-0.2, 0) is 0 Å². The van der Waals surface area contributed by atoms with Gasteiger partial charge in [-0.1, -0.05) is 0 Å². The third-order valence-corrected chi connectivity index (χ3v) is 3.18. The van der Waals surface area contributed by atoms with Gasteiger partial charge >= 0.3 is 0 Å². The summed E-state index contributed by atoms with van der Waals surface area (Å²) in [6.07, 6.45) is 8.21. The van der Waals surface area contributed by atoms with E-state index in [1.54, 1.807) is 12.5 Å². The van der Waals surface area contributed by atoms with E-state index in [-0.39, 0.29) is 0 Å². The predicted molar refractivity (Wildman–Crippen MR) is 62.4 cm³/mol. The van der Waals surface area contributed by atoms with Crippen molar-refractivity contribution in [3.8, 4) is 0 Å². The van der Waals surface area contributed by atoms with Gasteiger partial charge in [0.2, 0.25) is 0 Å². The van der Waals surface area contributed by atoms with Gasteiger partial charge in [-0.05, 0) is 31.7 Å². The molecule has 1 unspecified atom stereocenters. The molecule has 3 nitrogen and oxygen atoms in total. The number of hydrogen-bond donors (Lipinski definition) is 0. The SMILES string of the molecule is ClCCCC1CCCN1c1ccncn1. The van der Waals surface area contributed by atoms with Crippen LogP contribution < -0.4 is 4.90 Å². The van der Waals surface area contributed by atoms with Crippen LogP contribution in [0.3, 0.4) is 0 Å². The van der Waals surface area contributed by atoms with Gasteiger partial charge in [-0.25, -0.2) is 9.97 Å². The van der Waals surface area contributed by atoms with Crippen LogP contribution in [0.15, 0.2) is 18.6 Å². The highest BCUT2D eigenvalue weighted by atomic mass is 35.5. The van der Waals surface area contributed by atoms with Crippen LogP contribution in [0.2, 0.25) is 0 Å². The molecule has 1 aliphatic heterocycles. The fraction of sp³-hybridized carbons (Fsp3) is 0.636. The van der Waals surface area contributed by atoms with E-state index in [1.165, 1.54) is 19.3 Å². The number of halogens is 1. The number of aromatic nitrogens is 2. The van der Waals surface area contributed by atoms with Crippen LogP contribution in [0.1, 0.15) is 25.7 Å². The Morgan fingerprint density at radius 1 is 1.53 bits per heavy atom. The first-order chi connectivity index (χ1) is 7.42. The van der Waals surface area contributed by atoms with Gasteiger partial charge in [-0.2, -0.15) is 0 Å². The maximum absolute atomic E-state index is 5.73. The highest BCUT2D eigenvalue weighted by Gasteiger charge is 2.24. The van der Waals surface area contributed by atoms with Gasteiger partial charge in [-0.3, -0.25) is 0 Å². The van der Waals surface area contributed by atoms with Crippen LogP contribution in [0.5, 0.6) is 0 Å². The Hall–Kier alpha value is -0.830. The Bertz CT molecular complexity index is 291. The fourth-order valence-corrected chi connectivity index (χ4v) is 2.36. The molecule has 0 amide bonds. The molecule has 82 valence electrons. The van der Waals surface area contributed by atoms with Crippen molar-refractivity contribution in [2.24, 2.45) is 0 Å². The van der Waals surface area contributed by atoms with Crippen LogP contribution in [0.4, 0.5) is 5.82 Å². The van der Waals surface area contributed by atoms with E-state index in [0.29, 0.717) is 6.04 Å². The highest BCUT2D eigenvalue weighted by Crippen LogP contribution is 2.25. The van der Waals surface area contributed by atoms with Crippen molar-refractivity contribution < 1.29 is 0 Å². The summed E-state index contributed by atoms with van der Waals surface area (Å²) in [5.41, 5.74) is 0. The zero-order valence-electron chi connectivity index (χ0n) is 8.77. The van der Waals surface area contributed by atoms with Gasteiger partial charge in [0.1, 0.15) is 12.1 Å². The highest BCUT2D eigenvalue weighted by molar-refractivity contribution is 6.17. The molecular weight excluding hydrogens is 210 g/mol. The number of rotatable bonds is 4. The van der Waals surface area contributed by atoms with Crippen LogP contribution in [-0.4, -0.2) is 28.4 Å². The molecule has 1 aliphatic rings. The molecule has 1 fully saturated rings. The lowest BCUT2D eigenvalue weighted by Crippen LogP contribution is -2.29. The van der Waals surface area contributed by atoms with Crippen LogP contribution in [0, 0.1) is 0 Å². The van der Waals surface area contributed by atoms with E-state index in [1.807, 2.05) is 6.07 Å². The van der Waals surface area contributed by atoms with Gasteiger partial charge in [0, 0.05) is 24.7 Å². The van der Waals surface area contributed by atoms with E-state index in [9.17, 15) is 0 Å². The molecule has 0 radical (unpaired) electrons. The smallest absolute Gasteiger partial charge is 0.132 e. The first-order valence-corrected chi connectivity index (χ1v) is 6.04. The van der Waals surface area contributed by atoms with E-state index >= 15 is 0 Å². The second-order valence-corrected chi connectivity index (χ2v) is 4.27. The second kappa shape index (κ2) is 5.31. The zero-order chi connectivity index (χ0) is 10.5. The molecule has 1 saturated heterocycles. The number of alkyl halides is 1. The zero-order valence-corrected chi connectivity index (χ0v) is 9.53. The monoisotopic (exact) mass is 225 g/mol. The normalized spacial score (nSPS) is 20.9. The molecule has 0 N–H and O–H groups in total. The summed E-state index contributed by atoms with van der Waals surface area (Å²) in [4.78, 5) is 10.6. The molecule has 2 heterocycles. The second-order valence-electron chi connectivity index (χ2n) is 3.89. The lowest BCUT2D eigenvalue weighted by atomic mass is 10.1. The Balaban J connectivity index is 2.01. The average Bonchev–Trinajstić information content (AvgIpc) is 2.75. The van der Waals surface area contributed by atoms with E-state index in [0.717, 1.165) is 24.7 Å². The summed E-state index contributed by atoms with van der Waals surface area (Å²) in [7, 11) is 0. The molecular formula is C11H16ClN3. The Morgan fingerprint density at radius 3 is 3.20 bits per heavy atom. The molecule has 1 atom stereocenters. The van der Waals surface area contributed by atoms with E-state index in [2.05, 4.69) is 14.9 Å². The van der Waals surface area contributed by atoms with Crippen molar-refractivity contribution in [1.29, 1.82) is 0 Å². The standard InChI is InChI=1S/C11H16ClN3/c12-6-1-3-10-4-2-8-15(10)11-5-7-13-9-14-11/h5,7,9-10H,1-4,6,8H2. The van der Waals surface area contributed by atoms with Crippen molar-refractivity contribution in [1.82, 2.24) is 9.97 Å². The minimum atomic E-state index is 0.624. The maximum Gasteiger partial charge on any atom is 0.132 e. The largest absolute Gasteiger partial charge is 0.354 e. The quantitative estimate of drug-likeness (QED) is 0.738. The third-order valence-electron chi connectivity index (χ3n) is 2.91. The van der Waals surface area contributed by atoms with Gasteiger partial charge in [0.25, 0.3) is 0 Å². The molecule has 0 saturated carbocycles. The molecule has 2 rings (SSSR count). The lowest BCUT2D eigenvalue weighted by molar-refractivity contribution is 0.598. The molecule has 0 spiro atoms. The molecule has 15 heavy (non-hydrogen) atoms. The molecule has 0 aliphatic carbocycles. The Morgan fingerprint density at radius 2 is 2.47 bits per heavy atom. The summed E-state index contributed by atoms with van der Waals surface area (Å²) >= 11 is 5.73. The first kappa shape index (κ1) is 10.7. The average molecular weight is 226 g/mol. The van der Waals surface area contributed by atoms with Crippen molar-refractivity contribution in [2.45, 2.75) is 31.7 Å². The van der Waals surface area contributed by atoms with Crippen molar-refractivity contribution in [2.75, 3.05) is 17.3 Å². The number of anilines is 1. The Labute approximate surface area is 95.5 Å². The molecule has 0 aromatic carbocycles. The van der Waals surface area contributed by atoms with E-state index in [4.69, 9.17) is 11.6 Å². The third kappa shape index (κ3) is 2.59. The summed E-state index contributed by atoms with van der Waals surface area (Å²) in [6, 6.07) is 2.61. The summed E-state index contributed by atoms with van der Waals surface area (Å²) in [6.45, 7) is 1.12. The van der Waals surface area contributed by atoms with Crippen molar-refractivity contribution in [3.05, 3.63) is 18.6 Å². The first-order valence-electron chi connectivity index (χ1n) is 5.50. The number of nitrogens with zero attached hydrogens (tertiary/aromatic N) is 3. The number of hydrogen-bond acceptors (Lipinski definition) is 3. The van der Waals surface area contributed by atoms with Crippen LogP contribution >= 0.6 is 11.6 Å². The minimum Gasteiger partial charge on any atom is -0.354 e. The minimum absolute atomic E-state index is 0.624. The maximum atomic E-state index is 5.73. The van der Waals surface area contributed by atoms with Crippen molar-refractivity contribution in [3.63, 3.8) is 0 Å². The Kier molecular flexibility index (Phi) is 3.78. The van der Waals surface area contributed by atoms with Gasteiger partial charge < -0.3 is 4.90 Å². The molecule has 4 heteroatoms. The molecule has 1 aromatic rings. The van der Waals surface area contributed by atoms with Crippen molar-refractivity contribution >= 4 is 17.4 Å².